The van der Waals surface area contributed by atoms with Crippen LogP contribution in [0.2, 0.25) is 0 Å². The van der Waals surface area contributed by atoms with Gasteiger partial charge >= 0.3 is 0 Å². The Bertz CT molecular complexity index is 679. The van der Waals surface area contributed by atoms with Crippen molar-refractivity contribution in [2.24, 2.45) is 39.7 Å². The second-order valence-corrected chi connectivity index (χ2v) is 10.5. The van der Waals surface area contributed by atoms with E-state index in [1.165, 1.54) is 38.5 Å². The molecule has 0 aromatic carbocycles. The Morgan fingerprint density at radius 3 is 2.48 bits per heavy atom. The third-order valence-corrected chi connectivity index (χ3v) is 9.60. The summed E-state index contributed by atoms with van der Waals surface area (Å²) in [5.74, 6) is 2.58. The topological polar surface area (TPSA) is 51.1 Å². The molecule has 4 nitrogen and oxygen atoms in total. The van der Waals surface area contributed by atoms with E-state index in [1.54, 1.807) is 5.57 Å². The van der Waals surface area contributed by atoms with E-state index >= 15 is 0 Å². The molecule has 5 aliphatic rings. The van der Waals surface area contributed by atoms with Gasteiger partial charge in [0.1, 0.15) is 0 Å². The van der Waals surface area contributed by atoms with Crippen LogP contribution in [0.25, 0.3) is 0 Å². The monoisotopic (exact) mass is 373 g/mol. The van der Waals surface area contributed by atoms with Gasteiger partial charge in [0.05, 0.1) is 18.9 Å². The first-order valence-corrected chi connectivity index (χ1v) is 11.1. The predicted molar refractivity (Wildman–Crippen MR) is 105 cm³/mol. The second-order valence-electron chi connectivity index (χ2n) is 10.5. The molecule has 4 aliphatic carbocycles. The molecule has 5 rings (SSSR count). The molecule has 1 saturated heterocycles. The van der Waals surface area contributed by atoms with Crippen LogP contribution in [0, 0.1) is 34.5 Å². The van der Waals surface area contributed by atoms with E-state index in [-0.39, 0.29) is 5.79 Å². The minimum absolute atomic E-state index is 0.306. The van der Waals surface area contributed by atoms with E-state index in [9.17, 15) is 5.21 Å². The van der Waals surface area contributed by atoms with Crippen LogP contribution in [-0.2, 0) is 9.47 Å². The maximum atomic E-state index is 9.23. The zero-order valence-corrected chi connectivity index (χ0v) is 17.2. The first-order chi connectivity index (χ1) is 12.9. The average molecular weight is 374 g/mol. The molecule has 0 amide bonds. The number of hydrogen-bond acceptors (Lipinski definition) is 4. The van der Waals surface area contributed by atoms with Gasteiger partial charge in [0.2, 0.25) is 0 Å². The van der Waals surface area contributed by atoms with E-state index in [2.05, 4.69) is 32.0 Å². The lowest BCUT2D eigenvalue weighted by Gasteiger charge is -2.59. The van der Waals surface area contributed by atoms with Gasteiger partial charge in [0.15, 0.2) is 5.79 Å². The number of ether oxygens (including phenoxy) is 2. The fraction of sp³-hybridized carbons (Fsp3) is 0.870. The van der Waals surface area contributed by atoms with Crippen molar-refractivity contribution in [3.63, 3.8) is 0 Å². The molecule has 0 spiro atoms. The summed E-state index contributed by atoms with van der Waals surface area (Å²) in [6.45, 7) is 8.75. The number of rotatable bonds is 1. The lowest BCUT2D eigenvalue weighted by Crippen LogP contribution is -2.53. The van der Waals surface area contributed by atoms with Crippen LogP contribution in [0.5, 0.6) is 0 Å². The van der Waals surface area contributed by atoms with Crippen LogP contribution in [0.15, 0.2) is 16.8 Å². The summed E-state index contributed by atoms with van der Waals surface area (Å²) in [5.41, 5.74) is 3.09. The van der Waals surface area contributed by atoms with Crippen LogP contribution in [0.3, 0.4) is 0 Å². The summed E-state index contributed by atoms with van der Waals surface area (Å²) < 4.78 is 12.3. The van der Waals surface area contributed by atoms with E-state index in [1.807, 2.05) is 0 Å². The summed E-state index contributed by atoms with van der Waals surface area (Å²) in [5, 5.41) is 12.7. The van der Waals surface area contributed by atoms with Gasteiger partial charge < -0.3 is 14.7 Å². The normalized spacial score (nSPS) is 50.0. The Morgan fingerprint density at radius 2 is 1.74 bits per heavy atom. The summed E-state index contributed by atoms with van der Waals surface area (Å²) >= 11 is 0. The van der Waals surface area contributed by atoms with E-state index < -0.39 is 0 Å². The van der Waals surface area contributed by atoms with Gasteiger partial charge in [-0.1, -0.05) is 24.6 Å². The minimum Gasteiger partial charge on any atom is -0.411 e. The van der Waals surface area contributed by atoms with Crippen LogP contribution in [0.1, 0.15) is 72.1 Å². The zero-order chi connectivity index (χ0) is 18.9. The van der Waals surface area contributed by atoms with E-state index in [4.69, 9.17) is 9.47 Å². The fourth-order valence-corrected chi connectivity index (χ4v) is 8.24. The maximum absolute atomic E-state index is 9.23. The van der Waals surface area contributed by atoms with Gasteiger partial charge in [-0.25, -0.2) is 0 Å². The van der Waals surface area contributed by atoms with Gasteiger partial charge in [-0.05, 0) is 93.0 Å². The number of oxime groups is 1. The maximum Gasteiger partial charge on any atom is 0.169 e. The van der Waals surface area contributed by atoms with Gasteiger partial charge in [0, 0.05) is 5.92 Å². The largest absolute Gasteiger partial charge is 0.411 e. The number of nitrogens with zero attached hydrogens (tertiary/aromatic N) is 1. The van der Waals surface area contributed by atoms with Crippen molar-refractivity contribution in [3.05, 3.63) is 11.6 Å². The molecule has 0 aromatic heterocycles. The number of fused-ring (bicyclic) bond motifs is 5. The van der Waals surface area contributed by atoms with Crippen molar-refractivity contribution in [3.8, 4) is 0 Å². The van der Waals surface area contributed by atoms with Gasteiger partial charge in [-0.2, -0.15) is 0 Å². The van der Waals surface area contributed by atoms with Crippen molar-refractivity contribution < 1.29 is 14.7 Å². The lowest BCUT2D eigenvalue weighted by molar-refractivity contribution is -0.214. The average Bonchev–Trinajstić information content (AvgIpc) is 3.24. The Balaban J connectivity index is 1.44. The Kier molecular flexibility index (Phi) is 4.08. The fourth-order valence-electron chi connectivity index (χ4n) is 8.24. The van der Waals surface area contributed by atoms with Crippen LogP contribution < -0.4 is 0 Å². The van der Waals surface area contributed by atoms with Crippen molar-refractivity contribution in [2.75, 3.05) is 13.2 Å². The Labute approximate surface area is 163 Å². The third kappa shape index (κ3) is 2.45. The molecule has 4 heteroatoms. The highest BCUT2D eigenvalue weighted by Gasteiger charge is 2.62. The molecule has 4 unspecified atom stereocenters. The van der Waals surface area contributed by atoms with Crippen LogP contribution in [-0.4, -0.2) is 29.9 Å². The molecule has 27 heavy (non-hydrogen) atoms. The number of hydrogen-bond donors (Lipinski definition) is 1. The first kappa shape index (κ1) is 18.2. The van der Waals surface area contributed by atoms with Crippen LogP contribution >= 0.6 is 0 Å². The highest BCUT2D eigenvalue weighted by molar-refractivity contribution is 5.96. The zero-order valence-electron chi connectivity index (χ0n) is 17.2. The lowest BCUT2D eigenvalue weighted by atomic mass is 9.46. The third-order valence-electron chi connectivity index (χ3n) is 9.60. The molecule has 4 fully saturated rings. The van der Waals surface area contributed by atoms with Gasteiger partial charge in [-0.3, -0.25) is 0 Å². The van der Waals surface area contributed by atoms with Crippen molar-refractivity contribution in [1.29, 1.82) is 0 Å². The minimum atomic E-state index is -0.364. The number of allylic oxidation sites excluding steroid dienone is 2. The standard InChI is InChI=1S/C23H35NO3/c1-21-10-8-16(24-25)14-15(21)4-5-17-18-6-7-20(23(3)26-12-13-27-23)22(18,2)11-9-19(17)21/h14,17-20,25H,4-13H2,1-3H3/b24-16+/t17?,18?,19?,20-,21-,22?/m0/s1. The molecule has 1 aliphatic heterocycles. The molecule has 150 valence electrons. The highest BCUT2D eigenvalue weighted by atomic mass is 16.7. The molecular weight excluding hydrogens is 338 g/mol. The van der Waals surface area contributed by atoms with Crippen molar-refractivity contribution in [1.82, 2.24) is 0 Å². The first-order valence-electron chi connectivity index (χ1n) is 11.1. The predicted octanol–water partition coefficient (Wildman–Crippen LogP) is 5.16. The van der Waals surface area contributed by atoms with Crippen LogP contribution in [0.4, 0.5) is 0 Å². The van der Waals surface area contributed by atoms with E-state index in [0.29, 0.717) is 16.7 Å². The summed E-state index contributed by atoms with van der Waals surface area (Å²) in [7, 11) is 0. The molecule has 3 saturated carbocycles. The molecule has 0 radical (unpaired) electrons. The quantitative estimate of drug-likeness (QED) is 0.510. The molecule has 0 bridgehead atoms. The second kappa shape index (κ2) is 6.06. The summed E-state index contributed by atoms with van der Waals surface area (Å²) in [4.78, 5) is 0. The molecule has 6 atom stereocenters. The molecule has 1 N–H and O–H groups in total. The van der Waals surface area contributed by atoms with E-state index in [0.717, 1.165) is 49.5 Å². The SMILES string of the molecule is CC1([C@H]2CCC3C4CCC5=C/C(=N/O)CC[C@]5(C)C4CCC32C)OCCO1. The smallest absolute Gasteiger partial charge is 0.169 e. The highest BCUT2D eigenvalue weighted by Crippen LogP contribution is 2.68. The van der Waals surface area contributed by atoms with Crippen molar-refractivity contribution in [2.45, 2.75) is 77.9 Å². The summed E-state index contributed by atoms with van der Waals surface area (Å²) in [6, 6.07) is 0. The van der Waals surface area contributed by atoms with Crippen molar-refractivity contribution >= 4 is 5.71 Å². The molecule has 0 aromatic rings. The Hall–Kier alpha value is -0.870. The van der Waals surface area contributed by atoms with Gasteiger partial charge in [0.25, 0.3) is 0 Å². The molecular formula is C23H35NO3. The molecule has 1 heterocycles. The Morgan fingerprint density at radius 1 is 0.963 bits per heavy atom. The summed E-state index contributed by atoms with van der Waals surface area (Å²) in [6.07, 6.45) is 12.0. The van der Waals surface area contributed by atoms with Gasteiger partial charge in [-0.15, -0.1) is 0 Å².